The fourth-order valence-electron chi connectivity index (χ4n) is 5.44. The van der Waals surface area contributed by atoms with Crippen molar-refractivity contribution in [3.63, 3.8) is 0 Å². The summed E-state index contributed by atoms with van der Waals surface area (Å²) in [6, 6.07) is 16.7. The van der Waals surface area contributed by atoms with Crippen LogP contribution < -0.4 is 14.2 Å². The number of hydrogen-bond acceptors (Lipinski definition) is 8. The van der Waals surface area contributed by atoms with Gasteiger partial charge in [0, 0.05) is 23.4 Å². The molecule has 5 rings (SSSR count). The lowest BCUT2D eigenvalue weighted by atomic mass is 9.87. The average molecular weight is 616 g/mol. The van der Waals surface area contributed by atoms with Gasteiger partial charge in [-0.25, -0.2) is 18.1 Å². The molecule has 230 valence electrons. The number of carbonyl (C=O) groups is 1. The lowest BCUT2D eigenvalue weighted by Gasteiger charge is -2.35. The van der Waals surface area contributed by atoms with Gasteiger partial charge in [-0.05, 0) is 67.1 Å². The molecule has 11 heteroatoms. The van der Waals surface area contributed by atoms with Crippen LogP contribution in [0.1, 0.15) is 54.4 Å². The third-order valence-corrected chi connectivity index (χ3v) is 8.74. The van der Waals surface area contributed by atoms with Crippen LogP contribution in [0.15, 0.2) is 71.8 Å². The van der Waals surface area contributed by atoms with Crippen LogP contribution in [0.25, 0.3) is 11.3 Å². The Kier molecular flexibility index (Phi) is 8.60. The fourth-order valence-corrected chi connectivity index (χ4v) is 6.43. The second-order valence-electron chi connectivity index (χ2n) is 12.1. The predicted octanol–water partition coefficient (Wildman–Crippen LogP) is 5.80. The van der Waals surface area contributed by atoms with Crippen LogP contribution >= 0.6 is 0 Å². The monoisotopic (exact) mass is 615 g/mol. The molecule has 1 amide bonds. The Morgan fingerprint density at radius 2 is 1.75 bits per heavy atom. The molecule has 1 aliphatic rings. The van der Waals surface area contributed by atoms with E-state index in [0.29, 0.717) is 23.6 Å². The zero-order valence-corrected chi connectivity index (χ0v) is 26.6. The Hall–Kier alpha value is -4.51. The van der Waals surface area contributed by atoms with Crippen LogP contribution in [0.2, 0.25) is 0 Å². The van der Waals surface area contributed by atoms with E-state index in [4.69, 9.17) is 9.47 Å². The Balaban J connectivity index is 1.69. The van der Waals surface area contributed by atoms with Crippen molar-refractivity contribution in [1.29, 1.82) is 0 Å². The van der Waals surface area contributed by atoms with Gasteiger partial charge in [0.05, 0.1) is 30.3 Å². The number of methoxy groups -OCH3 is 1. The molecule has 3 heterocycles. The SMILES string of the molecule is COc1cccnc1CN1C(=O)c2cccc(c2)S(=O)(=O)Nc2nc(cc(-c3c(C)cccc3C)n2)OC[C@H]1CC(C)(C)C. The Morgan fingerprint density at radius 3 is 2.45 bits per heavy atom. The number of ether oxygens (including phenoxy) is 2. The van der Waals surface area contributed by atoms with E-state index in [0.717, 1.165) is 16.7 Å². The summed E-state index contributed by atoms with van der Waals surface area (Å²) in [5.41, 5.74) is 3.91. The van der Waals surface area contributed by atoms with Crippen molar-refractivity contribution in [3.8, 4) is 22.9 Å². The molecule has 0 unspecified atom stereocenters. The van der Waals surface area contributed by atoms with E-state index in [1.165, 1.54) is 12.1 Å². The molecule has 0 saturated carbocycles. The van der Waals surface area contributed by atoms with Crippen LogP contribution in [0, 0.1) is 19.3 Å². The molecule has 10 nitrogen and oxygen atoms in total. The molecule has 44 heavy (non-hydrogen) atoms. The molecule has 4 bridgehead atoms. The molecule has 0 radical (unpaired) electrons. The highest BCUT2D eigenvalue weighted by molar-refractivity contribution is 7.92. The highest BCUT2D eigenvalue weighted by atomic mass is 32.2. The van der Waals surface area contributed by atoms with Gasteiger partial charge in [0.15, 0.2) is 0 Å². The molecule has 0 fully saturated rings. The smallest absolute Gasteiger partial charge is 0.264 e. The van der Waals surface area contributed by atoms with Crippen molar-refractivity contribution in [3.05, 3.63) is 89.2 Å². The predicted molar refractivity (Wildman–Crippen MR) is 168 cm³/mol. The summed E-state index contributed by atoms with van der Waals surface area (Å²) in [6.45, 7) is 10.4. The molecule has 1 aliphatic heterocycles. The van der Waals surface area contributed by atoms with Crippen molar-refractivity contribution in [2.45, 2.75) is 58.5 Å². The summed E-state index contributed by atoms with van der Waals surface area (Å²) < 4.78 is 41.6. The second-order valence-corrected chi connectivity index (χ2v) is 13.8. The number of pyridine rings is 1. The maximum Gasteiger partial charge on any atom is 0.264 e. The Labute approximate surface area is 258 Å². The maximum absolute atomic E-state index is 14.3. The van der Waals surface area contributed by atoms with Crippen LogP contribution in [0.3, 0.4) is 0 Å². The third kappa shape index (κ3) is 6.83. The van der Waals surface area contributed by atoms with Gasteiger partial charge in [-0.1, -0.05) is 45.0 Å². The van der Waals surface area contributed by atoms with Gasteiger partial charge in [-0.3, -0.25) is 9.78 Å². The molecule has 0 spiro atoms. The standard InChI is InChI=1S/C33H37N5O5S/c1-21-10-7-11-22(2)30(21)26-17-29-36-32(35-26)37-44(40,41)25-13-8-12-23(16-25)31(39)38(24(20-43-29)18-33(3,4)5)19-27-28(42-6)14-9-15-34-27/h7-17,24H,18-20H2,1-6H3,(H,35,36,37)/t24-/m1/s1. The first-order valence-corrected chi connectivity index (χ1v) is 15.8. The average Bonchev–Trinajstić information content (AvgIpc) is 2.97. The third-order valence-electron chi connectivity index (χ3n) is 7.42. The normalized spacial score (nSPS) is 16.5. The number of amides is 1. The minimum Gasteiger partial charge on any atom is -0.495 e. The first-order valence-electron chi connectivity index (χ1n) is 14.3. The van der Waals surface area contributed by atoms with E-state index >= 15 is 0 Å². The minimum atomic E-state index is -4.16. The minimum absolute atomic E-state index is 0.0890. The van der Waals surface area contributed by atoms with E-state index in [-0.39, 0.29) is 46.8 Å². The van der Waals surface area contributed by atoms with Gasteiger partial charge in [0.25, 0.3) is 15.9 Å². The number of rotatable bonds is 5. The number of carbonyl (C=O) groups excluding carboxylic acids is 1. The largest absolute Gasteiger partial charge is 0.495 e. The number of aryl methyl sites for hydroxylation is 2. The number of anilines is 1. The first-order chi connectivity index (χ1) is 20.8. The fraction of sp³-hybridized carbons (Fsp3) is 0.333. The molecule has 1 atom stereocenters. The van der Waals surface area contributed by atoms with Crippen LogP contribution in [-0.2, 0) is 16.6 Å². The van der Waals surface area contributed by atoms with E-state index in [1.807, 2.05) is 32.0 Å². The maximum atomic E-state index is 14.3. The number of nitrogens with zero attached hydrogens (tertiary/aromatic N) is 4. The molecular formula is C33H37N5O5S. The van der Waals surface area contributed by atoms with Gasteiger partial charge in [0.2, 0.25) is 11.8 Å². The molecule has 0 aliphatic carbocycles. The van der Waals surface area contributed by atoms with Gasteiger partial charge in [-0.2, -0.15) is 4.98 Å². The molecule has 2 aromatic heterocycles. The van der Waals surface area contributed by atoms with Gasteiger partial charge in [-0.15, -0.1) is 0 Å². The van der Waals surface area contributed by atoms with Crippen molar-refractivity contribution < 1.29 is 22.7 Å². The number of benzene rings is 2. The zero-order chi connectivity index (χ0) is 31.6. The number of nitrogens with one attached hydrogen (secondary N) is 1. The lowest BCUT2D eigenvalue weighted by Crippen LogP contribution is -2.45. The van der Waals surface area contributed by atoms with Crippen LogP contribution in [0.4, 0.5) is 5.95 Å². The topological polar surface area (TPSA) is 124 Å². The summed E-state index contributed by atoms with van der Waals surface area (Å²) in [4.78, 5) is 29.4. The molecular weight excluding hydrogens is 578 g/mol. The van der Waals surface area contributed by atoms with Gasteiger partial charge >= 0.3 is 0 Å². The van der Waals surface area contributed by atoms with Crippen molar-refractivity contribution in [1.82, 2.24) is 19.9 Å². The van der Waals surface area contributed by atoms with Crippen molar-refractivity contribution >= 4 is 21.9 Å². The Bertz CT molecular complexity index is 1780. The number of fused-ring (bicyclic) bond motifs is 4. The van der Waals surface area contributed by atoms with Gasteiger partial charge < -0.3 is 14.4 Å². The van der Waals surface area contributed by atoms with Crippen molar-refractivity contribution in [2.75, 3.05) is 18.4 Å². The van der Waals surface area contributed by atoms with Crippen LogP contribution in [0.5, 0.6) is 11.6 Å². The molecule has 1 N–H and O–H groups in total. The summed E-state index contributed by atoms with van der Waals surface area (Å²) in [5, 5.41) is 0. The molecule has 2 aromatic carbocycles. The number of aromatic nitrogens is 3. The van der Waals surface area contributed by atoms with E-state index < -0.39 is 16.1 Å². The van der Waals surface area contributed by atoms with Crippen LogP contribution in [-0.4, -0.2) is 53.9 Å². The highest BCUT2D eigenvalue weighted by Crippen LogP contribution is 2.32. The van der Waals surface area contributed by atoms with E-state index in [1.54, 1.807) is 48.5 Å². The van der Waals surface area contributed by atoms with E-state index in [2.05, 4.69) is 40.4 Å². The quantitative estimate of drug-likeness (QED) is 0.299. The lowest BCUT2D eigenvalue weighted by molar-refractivity contribution is 0.0507. The molecule has 4 aromatic rings. The summed E-state index contributed by atoms with van der Waals surface area (Å²) in [6.07, 6.45) is 2.22. The number of hydrogen-bond donors (Lipinski definition) is 1. The highest BCUT2D eigenvalue weighted by Gasteiger charge is 2.32. The molecule has 0 saturated heterocycles. The second kappa shape index (κ2) is 12.2. The first kappa shape index (κ1) is 30.9. The number of sulfonamides is 1. The van der Waals surface area contributed by atoms with E-state index in [9.17, 15) is 13.2 Å². The zero-order valence-electron chi connectivity index (χ0n) is 25.8. The Morgan fingerprint density at radius 1 is 1.02 bits per heavy atom. The summed E-state index contributed by atoms with van der Waals surface area (Å²) in [7, 11) is -2.61. The van der Waals surface area contributed by atoms with Crippen molar-refractivity contribution in [2.24, 2.45) is 5.41 Å². The summed E-state index contributed by atoms with van der Waals surface area (Å²) >= 11 is 0. The van der Waals surface area contributed by atoms with Gasteiger partial charge in [0.1, 0.15) is 18.1 Å². The summed E-state index contributed by atoms with van der Waals surface area (Å²) in [5.74, 6) is 0.236.